The highest BCUT2D eigenvalue weighted by Crippen LogP contribution is 2.68. The van der Waals surface area contributed by atoms with Crippen molar-refractivity contribution in [2.24, 2.45) is 17.3 Å². The Balaban J connectivity index is 1.61. The molecule has 7 atom stereocenters. The number of hydrogen-bond acceptors (Lipinski definition) is 8. The van der Waals surface area contributed by atoms with Gasteiger partial charge in [0.25, 0.3) is 0 Å². The van der Waals surface area contributed by atoms with E-state index in [9.17, 15) is 14.4 Å². The molecule has 0 unspecified atom stereocenters. The van der Waals surface area contributed by atoms with Crippen molar-refractivity contribution in [1.82, 2.24) is 0 Å². The summed E-state index contributed by atoms with van der Waals surface area (Å²) in [6, 6.07) is 12.6. The number of hydrogen-bond donors (Lipinski definition) is 0. The Kier molecular flexibility index (Phi) is 9.10. The first-order valence-corrected chi connectivity index (χ1v) is 24.3. The van der Waals surface area contributed by atoms with E-state index in [0.29, 0.717) is 30.4 Å². The highest BCUT2D eigenvalue weighted by molar-refractivity contribution is 6.73. The Bertz CT molecular complexity index is 1570. The Hall–Kier alpha value is -2.22. The number of carbonyl (C=O) groups is 3. The van der Waals surface area contributed by atoms with Gasteiger partial charge in [0.1, 0.15) is 18.0 Å². The first kappa shape index (κ1) is 36.6. The lowest BCUT2D eigenvalue weighted by atomic mass is 9.63. The Morgan fingerprint density at radius 3 is 2.20 bits per heavy atom. The molecular weight excluding hydrogens is 653 g/mol. The molecule has 1 spiro atoms. The zero-order chi connectivity index (χ0) is 35.8. The second-order valence-electron chi connectivity index (χ2n) is 16.9. The highest BCUT2D eigenvalue weighted by atomic mass is 28.4. The van der Waals surface area contributed by atoms with Crippen LogP contribution in [0.3, 0.4) is 0 Å². The maximum Gasteiger partial charge on any atom is 0.338 e. The number of allylic oxidation sites excluding steroid dienone is 2. The Morgan fingerprint density at radius 1 is 0.959 bits per heavy atom. The standard InChI is InChI=1S/C39H56O8Si2/c1-11-49(12-2,13-3)46-38-25-37-22-21-36(7)31(28(23-40)26(4)32(36)41)39(45-37,47-48(8,9)10)33(43-24-27-17-15-14-16-18-27)29(37)19-20-30(38)35(5,6)44-34(38)42/h14-19,23,30-31,33H,11-13,20-22,24-25H2,1-10H3/t30-,31-,33-,36-,37-,38+,39+/m0/s1. The third kappa shape index (κ3) is 5.46. The lowest BCUT2D eigenvalue weighted by molar-refractivity contribution is -0.274. The molecule has 0 aromatic heterocycles. The van der Waals surface area contributed by atoms with Gasteiger partial charge in [-0.1, -0.05) is 64.1 Å². The summed E-state index contributed by atoms with van der Waals surface area (Å²) in [5, 5.41) is 0. The van der Waals surface area contributed by atoms with Gasteiger partial charge >= 0.3 is 5.97 Å². The number of fused-ring (bicyclic) bond motifs is 4. The summed E-state index contributed by atoms with van der Waals surface area (Å²) in [7, 11) is -4.86. The number of aldehydes is 1. The van der Waals surface area contributed by atoms with Gasteiger partial charge in [0.05, 0.1) is 18.1 Å². The molecule has 0 radical (unpaired) electrons. The molecule has 1 aromatic carbocycles. The van der Waals surface area contributed by atoms with Gasteiger partial charge in [-0.05, 0) is 94.5 Å². The largest absolute Gasteiger partial charge is 0.457 e. The van der Waals surface area contributed by atoms with Crippen LogP contribution in [0.25, 0.3) is 0 Å². The smallest absolute Gasteiger partial charge is 0.338 e. The fourth-order valence-corrected chi connectivity index (χ4v) is 14.3. The summed E-state index contributed by atoms with van der Waals surface area (Å²) in [6.07, 6.45) is 3.99. The van der Waals surface area contributed by atoms with E-state index in [1.807, 2.05) is 51.1 Å². The van der Waals surface area contributed by atoms with Crippen molar-refractivity contribution < 1.29 is 37.4 Å². The summed E-state index contributed by atoms with van der Waals surface area (Å²) in [6.45, 7) is 20.8. The molecule has 49 heavy (non-hydrogen) atoms. The average Bonchev–Trinajstić information content (AvgIpc) is 3.38. The fourth-order valence-electron chi connectivity index (χ4n) is 10.1. The third-order valence-corrected chi connectivity index (χ3v) is 18.2. The molecule has 5 aliphatic rings. The molecule has 0 N–H and O–H groups in total. The van der Waals surface area contributed by atoms with E-state index in [4.69, 9.17) is 23.1 Å². The van der Waals surface area contributed by atoms with Crippen molar-refractivity contribution in [2.75, 3.05) is 0 Å². The molecule has 2 bridgehead atoms. The van der Waals surface area contributed by atoms with Crippen LogP contribution in [0.1, 0.15) is 79.7 Å². The minimum atomic E-state index is -2.48. The van der Waals surface area contributed by atoms with Crippen LogP contribution in [0, 0.1) is 17.3 Å². The van der Waals surface area contributed by atoms with E-state index in [2.05, 4.69) is 46.5 Å². The number of benzene rings is 1. The highest BCUT2D eigenvalue weighted by Gasteiger charge is 2.77. The molecule has 268 valence electrons. The summed E-state index contributed by atoms with van der Waals surface area (Å²) in [5.74, 6) is -2.81. The predicted molar refractivity (Wildman–Crippen MR) is 193 cm³/mol. The average molecular weight is 709 g/mol. The van der Waals surface area contributed by atoms with E-state index in [0.717, 1.165) is 35.6 Å². The van der Waals surface area contributed by atoms with E-state index in [1.54, 1.807) is 6.92 Å². The van der Waals surface area contributed by atoms with Gasteiger partial charge < -0.3 is 23.1 Å². The van der Waals surface area contributed by atoms with Gasteiger partial charge in [-0.2, -0.15) is 0 Å². The van der Waals surface area contributed by atoms with E-state index in [-0.39, 0.29) is 30.7 Å². The number of cyclic esters (lactones) is 1. The number of ketones is 1. The first-order chi connectivity index (χ1) is 22.9. The lowest BCUT2D eigenvalue weighted by Gasteiger charge is -2.48. The van der Waals surface area contributed by atoms with Gasteiger partial charge in [-0.3, -0.25) is 9.59 Å². The molecule has 0 saturated carbocycles. The molecule has 0 amide bonds. The molecule has 1 aromatic rings. The normalized spacial score (nSPS) is 36.8. The minimum Gasteiger partial charge on any atom is -0.457 e. The van der Waals surface area contributed by atoms with Gasteiger partial charge in [0.15, 0.2) is 33.8 Å². The van der Waals surface area contributed by atoms with Gasteiger partial charge in [0, 0.05) is 23.3 Å². The second-order valence-corrected chi connectivity index (χ2v) is 26.1. The maximum absolute atomic E-state index is 14.5. The van der Waals surface area contributed by atoms with Gasteiger partial charge in [-0.25, -0.2) is 4.79 Å². The van der Waals surface area contributed by atoms with E-state index in [1.165, 1.54) is 0 Å². The molecule has 3 aliphatic heterocycles. The fraction of sp³-hybridized carbons (Fsp3) is 0.667. The van der Waals surface area contributed by atoms with Gasteiger partial charge in [-0.15, -0.1) is 0 Å². The van der Waals surface area contributed by atoms with Crippen LogP contribution in [0.15, 0.2) is 53.1 Å². The molecule has 3 fully saturated rings. The summed E-state index contributed by atoms with van der Waals surface area (Å²) in [4.78, 5) is 41.9. The quantitative estimate of drug-likeness (QED) is 0.0994. The molecule has 8 nitrogen and oxygen atoms in total. The second kappa shape index (κ2) is 12.2. The number of carbonyl (C=O) groups excluding carboxylic acids is 3. The molecule has 3 saturated heterocycles. The van der Waals surface area contributed by atoms with Crippen molar-refractivity contribution in [1.29, 1.82) is 0 Å². The Labute approximate surface area is 294 Å². The zero-order valence-corrected chi connectivity index (χ0v) is 33.2. The Morgan fingerprint density at radius 2 is 1.61 bits per heavy atom. The van der Waals surface area contributed by atoms with Crippen LogP contribution in [0.5, 0.6) is 0 Å². The van der Waals surface area contributed by atoms with Crippen LogP contribution in [-0.2, 0) is 44.1 Å². The summed E-state index contributed by atoms with van der Waals surface area (Å²) < 4.78 is 35.7. The number of Topliss-reactive ketones (excluding diaryl/α,β-unsaturated/α-hetero) is 1. The first-order valence-electron chi connectivity index (χ1n) is 18.3. The van der Waals surface area contributed by atoms with Crippen LogP contribution in [0.4, 0.5) is 0 Å². The van der Waals surface area contributed by atoms with E-state index < -0.39 is 56.7 Å². The van der Waals surface area contributed by atoms with Crippen LogP contribution in [0.2, 0.25) is 37.8 Å². The van der Waals surface area contributed by atoms with Crippen molar-refractivity contribution in [3.8, 4) is 0 Å². The zero-order valence-electron chi connectivity index (χ0n) is 31.2. The number of esters is 1. The third-order valence-electron chi connectivity index (χ3n) is 12.6. The van der Waals surface area contributed by atoms with Crippen LogP contribution in [-0.4, -0.2) is 63.4 Å². The molecule has 2 aliphatic carbocycles. The topological polar surface area (TPSA) is 97.4 Å². The van der Waals surface area contributed by atoms with E-state index >= 15 is 0 Å². The molecule has 3 heterocycles. The molecule has 10 heteroatoms. The number of ether oxygens (including phenoxy) is 3. The lowest BCUT2D eigenvalue weighted by Crippen LogP contribution is -2.60. The number of rotatable bonds is 11. The van der Waals surface area contributed by atoms with Crippen molar-refractivity contribution in [3.05, 3.63) is 58.7 Å². The van der Waals surface area contributed by atoms with Gasteiger partial charge in [0.2, 0.25) is 0 Å². The van der Waals surface area contributed by atoms with Crippen LogP contribution >= 0.6 is 0 Å². The molecule has 6 rings (SSSR count). The van der Waals surface area contributed by atoms with Crippen LogP contribution < -0.4 is 0 Å². The van der Waals surface area contributed by atoms with Crippen molar-refractivity contribution >= 4 is 34.7 Å². The summed E-state index contributed by atoms with van der Waals surface area (Å²) >= 11 is 0. The van der Waals surface area contributed by atoms with Crippen molar-refractivity contribution in [3.63, 3.8) is 0 Å². The SMILES string of the molecule is CC[Si](CC)(CC)O[C@]12C[C@]34CC[C@]5(C)C(=O)C(C)=C(C=O)[C@@H]5[C@](O[Si](C)(C)C)(O3)[C@@H](OCc3ccccc3)C4=CC[C@H]1C(C)(C)OC2=O. The molecular formula is C39H56O8Si2. The summed E-state index contributed by atoms with van der Waals surface area (Å²) in [5.41, 5.74) is -1.22. The predicted octanol–water partition coefficient (Wildman–Crippen LogP) is 7.84. The monoisotopic (exact) mass is 708 g/mol. The van der Waals surface area contributed by atoms with Crippen molar-refractivity contribution in [2.45, 2.75) is 147 Å². The minimum absolute atomic E-state index is 0.0497. The maximum atomic E-state index is 14.5.